The average molecular weight is 249 g/mol. The summed E-state index contributed by atoms with van der Waals surface area (Å²) in [5, 5.41) is 3.38. The summed E-state index contributed by atoms with van der Waals surface area (Å²) in [6, 6.07) is 6.24. The number of nitrogens with one attached hydrogen (secondary N) is 1. The van der Waals surface area contributed by atoms with E-state index >= 15 is 0 Å². The molecule has 0 aromatic heterocycles. The van der Waals surface area contributed by atoms with E-state index in [9.17, 15) is 4.79 Å². The van der Waals surface area contributed by atoms with E-state index in [0.717, 1.165) is 25.2 Å². The molecule has 1 rings (SSSR count). The van der Waals surface area contributed by atoms with Crippen molar-refractivity contribution in [1.29, 1.82) is 0 Å². The highest BCUT2D eigenvalue weighted by Crippen LogP contribution is 2.20. The molecule has 0 saturated carbocycles. The molecule has 0 aliphatic rings. The Kier molecular flexibility index (Phi) is 5.65. The number of carbonyl (C=O) groups is 1. The van der Waals surface area contributed by atoms with Crippen LogP contribution in [0.3, 0.4) is 0 Å². The lowest BCUT2D eigenvalue weighted by molar-refractivity contribution is -0.116. The molecule has 4 nitrogen and oxygen atoms in total. The first-order chi connectivity index (χ1) is 8.54. The molecule has 1 aromatic carbocycles. The molecule has 100 valence electrons. The molecule has 0 bridgehead atoms. The Bertz CT molecular complexity index is 404. The van der Waals surface area contributed by atoms with Crippen molar-refractivity contribution in [3.63, 3.8) is 0 Å². The Labute approximate surface area is 109 Å². The van der Waals surface area contributed by atoms with Gasteiger partial charge in [0.05, 0.1) is 6.54 Å². The maximum absolute atomic E-state index is 11.0. The van der Waals surface area contributed by atoms with Gasteiger partial charge in [-0.1, -0.05) is 24.6 Å². The summed E-state index contributed by atoms with van der Waals surface area (Å²) in [5.41, 5.74) is 8.72. The van der Waals surface area contributed by atoms with Gasteiger partial charge in [0, 0.05) is 19.3 Å². The highest BCUT2D eigenvalue weighted by atomic mass is 16.1. The number of anilines is 1. The van der Waals surface area contributed by atoms with Gasteiger partial charge in [0.25, 0.3) is 0 Å². The predicted molar refractivity (Wildman–Crippen MR) is 75.6 cm³/mol. The largest absolute Gasteiger partial charge is 0.368 e. The van der Waals surface area contributed by atoms with Crippen LogP contribution in [0.5, 0.6) is 0 Å². The third-order valence-corrected chi connectivity index (χ3v) is 2.78. The zero-order valence-corrected chi connectivity index (χ0v) is 11.5. The molecular weight excluding hydrogens is 226 g/mol. The maximum atomic E-state index is 11.0. The van der Waals surface area contributed by atoms with Crippen LogP contribution in [-0.2, 0) is 11.3 Å². The van der Waals surface area contributed by atoms with Crippen LogP contribution in [0.2, 0.25) is 0 Å². The van der Waals surface area contributed by atoms with Crippen molar-refractivity contribution in [2.24, 2.45) is 5.73 Å². The van der Waals surface area contributed by atoms with Gasteiger partial charge < -0.3 is 16.0 Å². The quantitative estimate of drug-likeness (QED) is 0.718. The molecule has 0 radical (unpaired) electrons. The Morgan fingerprint density at radius 1 is 1.44 bits per heavy atom. The number of benzene rings is 1. The number of amides is 1. The van der Waals surface area contributed by atoms with Crippen LogP contribution in [0.4, 0.5) is 5.69 Å². The van der Waals surface area contributed by atoms with Gasteiger partial charge in [-0.3, -0.25) is 4.79 Å². The Hall–Kier alpha value is -1.55. The summed E-state index contributed by atoms with van der Waals surface area (Å²) in [7, 11) is 1.89. The van der Waals surface area contributed by atoms with Crippen molar-refractivity contribution in [3.05, 3.63) is 29.3 Å². The van der Waals surface area contributed by atoms with E-state index in [1.807, 2.05) is 18.0 Å². The first-order valence-corrected chi connectivity index (χ1v) is 6.34. The molecule has 18 heavy (non-hydrogen) atoms. The van der Waals surface area contributed by atoms with Crippen molar-refractivity contribution in [1.82, 2.24) is 5.32 Å². The number of primary amides is 1. The third kappa shape index (κ3) is 4.37. The number of hydrogen-bond acceptors (Lipinski definition) is 3. The van der Waals surface area contributed by atoms with Crippen molar-refractivity contribution in [2.45, 2.75) is 26.8 Å². The zero-order chi connectivity index (χ0) is 13.5. The zero-order valence-electron chi connectivity index (χ0n) is 11.5. The number of hydrogen-bond donors (Lipinski definition) is 2. The minimum atomic E-state index is -0.314. The number of carbonyl (C=O) groups excluding carboxylic acids is 1. The summed E-state index contributed by atoms with van der Waals surface area (Å²) in [6.45, 7) is 6.26. The van der Waals surface area contributed by atoms with Crippen LogP contribution in [0.15, 0.2) is 18.2 Å². The van der Waals surface area contributed by atoms with Gasteiger partial charge in [-0.2, -0.15) is 0 Å². The van der Waals surface area contributed by atoms with Gasteiger partial charge in [-0.15, -0.1) is 0 Å². The first kappa shape index (κ1) is 14.5. The standard InChI is InChI=1S/C14H23N3O/c1-4-7-16-9-12-8-11(2)5-6-13(12)17(3)10-14(15)18/h5-6,8,16H,4,7,9-10H2,1-3H3,(H2,15,18). The summed E-state index contributed by atoms with van der Waals surface area (Å²) < 4.78 is 0. The SMILES string of the molecule is CCCNCc1cc(C)ccc1N(C)CC(N)=O. The lowest BCUT2D eigenvalue weighted by Crippen LogP contribution is -2.31. The van der Waals surface area contributed by atoms with Gasteiger partial charge in [0.1, 0.15) is 0 Å². The van der Waals surface area contributed by atoms with Gasteiger partial charge >= 0.3 is 0 Å². The van der Waals surface area contributed by atoms with E-state index in [2.05, 4.69) is 31.3 Å². The van der Waals surface area contributed by atoms with Crippen LogP contribution in [0, 0.1) is 6.92 Å². The average Bonchev–Trinajstić information content (AvgIpc) is 2.28. The normalized spacial score (nSPS) is 10.4. The van der Waals surface area contributed by atoms with Crippen molar-refractivity contribution >= 4 is 11.6 Å². The fraction of sp³-hybridized carbons (Fsp3) is 0.500. The summed E-state index contributed by atoms with van der Waals surface area (Å²) in [6.07, 6.45) is 1.11. The minimum Gasteiger partial charge on any atom is -0.368 e. The van der Waals surface area contributed by atoms with E-state index in [1.165, 1.54) is 11.1 Å². The van der Waals surface area contributed by atoms with Crippen LogP contribution in [0.1, 0.15) is 24.5 Å². The summed E-state index contributed by atoms with van der Waals surface area (Å²) in [5.74, 6) is -0.314. The van der Waals surface area contributed by atoms with Crippen LogP contribution >= 0.6 is 0 Å². The number of aryl methyl sites for hydroxylation is 1. The Balaban J connectivity index is 2.84. The van der Waals surface area contributed by atoms with Crippen molar-refractivity contribution in [3.8, 4) is 0 Å². The number of nitrogens with two attached hydrogens (primary N) is 1. The lowest BCUT2D eigenvalue weighted by Gasteiger charge is -2.21. The van der Waals surface area contributed by atoms with Gasteiger partial charge in [-0.25, -0.2) is 0 Å². The van der Waals surface area contributed by atoms with Gasteiger partial charge in [0.2, 0.25) is 5.91 Å². The van der Waals surface area contributed by atoms with Gasteiger partial charge in [-0.05, 0) is 31.5 Å². The van der Waals surface area contributed by atoms with E-state index in [1.54, 1.807) is 0 Å². The molecular formula is C14H23N3O. The molecule has 3 N–H and O–H groups in total. The minimum absolute atomic E-state index is 0.240. The van der Waals surface area contributed by atoms with Crippen molar-refractivity contribution < 1.29 is 4.79 Å². The smallest absolute Gasteiger partial charge is 0.236 e. The van der Waals surface area contributed by atoms with E-state index in [-0.39, 0.29) is 12.5 Å². The Morgan fingerprint density at radius 3 is 2.78 bits per heavy atom. The van der Waals surface area contributed by atoms with E-state index < -0.39 is 0 Å². The second-order valence-electron chi connectivity index (χ2n) is 4.63. The van der Waals surface area contributed by atoms with Crippen LogP contribution < -0.4 is 16.0 Å². The fourth-order valence-corrected chi connectivity index (χ4v) is 1.95. The molecule has 0 fully saturated rings. The third-order valence-electron chi connectivity index (χ3n) is 2.78. The van der Waals surface area contributed by atoms with Crippen molar-refractivity contribution in [2.75, 3.05) is 25.0 Å². The van der Waals surface area contributed by atoms with Crippen LogP contribution in [-0.4, -0.2) is 26.0 Å². The number of likely N-dealkylation sites (N-methyl/N-ethyl adjacent to an activating group) is 1. The topological polar surface area (TPSA) is 58.4 Å². The number of rotatable bonds is 7. The lowest BCUT2D eigenvalue weighted by atomic mass is 10.1. The molecule has 1 aromatic rings. The molecule has 0 spiro atoms. The van der Waals surface area contributed by atoms with Crippen LogP contribution in [0.25, 0.3) is 0 Å². The predicted octanol–water partition coefficient (Wildman–Crippen LogP) is 1.42. The number of nitrogens with zero attached hydrogens (tertiary/aromatic N) is 1. The highest BCUT2D eigenvalue weighted by Gasteiger charge is 2.09. The summed E-state index contributed by atoms with van der Waals surface area (Å²) in [4.78, 5) is 12.9. The second kappa shape index (κ2) is 7.01. The maximum Gasteiger partial charge on any atom is 0.236 e. The first-order valence-electron chi connectivity index (χ1n) is 6.34. The van der Waals surface area contributed by atoms with Gasteiger partial charge in [0.15, 0.2) is 0 Å². The summed E-state index contributed by atoms with van der Waals surface area (Å²) >= 11 is 0. The molecule has 0 aliphatic carbocycles. The highest BCUT2D eigenvalue weighted by molar-refractivity contribution is 5.79. The molecule has 0 heterocycles. The van der Waals surface area contributed by atoms with E-state index in [4.69, 9.17) is 5.73 Å². The molecule has 4 heteroatoms. The molecule has 0 atom stereocenters. The van der Waals surface area contributed by atoms with E-state index in [0.29, 0.717) is 0 Å². The molecule has 1 amide bonds. The Morgan fingerprint density at radius 2 is 2.17 bits per heavy atom. The monoisotopic (exact) mass is 249 g/mol. The second-order valence-corrected chi connectivity index (χ2v) is 4.63. The molecule has 0 saturated heterocycles. The molecule has 0 aliphatic heterocycles. The fourth-order valence-electron chi connectivity index (χ4n) is 1.95. The molecule has 0 unspecified atom stereocenters.